The zero-order chi connectivity index (χ0) is 13.8. The molecule has 19 heavy (non-hydrogen) atoms. The van der Waals surface area contributed by atoms with Crippen LogP contribution < -0.4 is 5.32 Å². The van der Waals surface area contributed by atoms with E-state index >= 15 is 0 Å². The van der Waals surface area contributed by atoms with Crippen molar-refractivity contribution in [1.82, 2.24) is 15.1 Å². The summed E-state index contributed by atoms with van der Waals surface area (Å²) in [5, 5.41) is 26.5. The number of nitrogens with one attached hydrogen (secondary N) is 1. The minimum absolute atomic E-state index is 0.0311. The second-order valence-electron chi connectivity index (χ2n) is 4.80. The van der Waals surface area contributed by atoms with E-state index in [1.54, 1.807) is 18.3 Å². The molecule has 2 aromatic rings. The van der Waals surface area contributed by atoms with Gasteiger partial charge in [0.1, 0.15) is 11.5 Å². The minimum Gasteiger partial charge on any atom is -0.508 e. The van der Waals surface area contributed by atoms with Crippen molar-refractivity contribution in [3.63, 3.8) is 0 Å². The number of aromatic hydroxyl groups is 2. The second-order valence-corrected chi connectivity index (χ2v) is 4.80. The molecule has 3 N–H and O–H groups in total. The van der Waals surface area contributed by atoms with E-state index < -0.39 is 0 Å². The first-order valence-electron chi connectivity index (χ1n) is 6.31. The number of rotatable bonds is 5. The minimum atomic E-state index is 0.0311. The lowest BCUT2D eigenvalue weighted by molar-refractivity contribution is 0.407. The summed E-state index contributed by atoms with van der Waals surface area (Å²) in [6.07, 6.45) is 3.67. The number of phenols is 2. The molecule has 2 atom stereocenters. The largest absolute Gasteiger partial charge is 0.508 e. The van der Waals surface area contributed by atoms with Crippen LogP contribution in [-0.4, -0.2) is 26.0 Å². The molecule has 5 nitrogen and oxygen atoms in total. The molecule has 0 aliphatic heterocycles. The van der Waals surface area contributed by atoms with Gasteiger partial charge in [-0.3, -0.25) is 4.68 Å². The van der Waals surface area contributed by atoms with Gasteiger partial charge >= 0.3 is 0 Å². The van der Waals surface area contributed by atoms with E-state index in [-0.39, 0.29) is 23.6 Å². The first kappa shape index (κ1) is 13.4. The highest BCUT2D eigenvalue weighted by Crippen LogP contribution is 2.24. The van der Waals surface area contributed by atoms with Crippen molar-refractivity contribution in [2.24, 2.45) is 0 Å². The first-order chi connectivity index (χ1) is 9.04. The van der Waals surface area contributed by atoms with Gasteiger partial charge < -0.3 is 15.5 Å². The van der Waals surface area contributed by atoms with Gasteiger partial charge in [-0.1, -0.05) is 0 Å². The van der Waals surface area contributed by atoms with Crippen LogP contribution >= 0.6 is 0 Å². The number of benzene rings is 1. The molecule has 5 heteroatoms. The maximum Gasteiger partial charge on any atom is 0.119 e. The van der Waals surface area contributed by atoms with Gasteiger partial charge in [0.05, 0.1) is 6.54 Å². The van der Waals surface area contributed by atoms with Crippen molar-refractivity contribution in [1.29, 1.82) is 0 Å². The summed E-state index contributed by atoms with van der Waals surface area (Å²) in [6, 6.07) is 6.77. The van der Waals surface area contributed by atoms with Crippen LogP contribution in [0, 0.1) is 0 Å². The molecular formula is C14H19N3O2. The van der Waals surface area contributed by atoms with Crippen LogP contribution in [0.5, 0.6) is 11.5 Å². The normalized spacial score (nSPS) is 14.2. The van der Waals surface area contributed by atoms with Crippen LogP contribution in [0.15, 0.2) is 36.7 Å². The Bertz CT molecular complexity index is 505. The first-order valence-corrected chi connectivity index (χ1v) is 6.31. The van der Waals surface area contributed by atoms with Crippen LogP contribution in [0.25, 0.3) is 0 Å². The Morgan fingerprint density at radius 3 is 2.47 bits per heavy atom. The highest BCUT2D eigenvalue weighted by molar-refractivity contribution is 5.37. The van der Waals surface area contributed by atoms with Crippen LogP contribution in [0.2, 0.25) is 0 Å². The lowest BCUT2D eigenvalue weighted by Gasteiger charge is -2.20. The molecule has 2 rings (SSSR count). The lowest BCUT2D eigenvalue weighted by atomic mass is 10.1. The number of hydrogen-bond acceptors (Lipinski definition) is 4. The van der Waals surface area contributed by atoms with E-state index in [0.717, 1.165) is 12.1 Å². The molecule has 0 bridgehead atoms. The van der Waals surface area contributed by atoms with Gasteiger partial charge in [0.15, 0.2) is 0 Å². The molecule has 102 valence electrons. The molecule has 0 fully saturated rings. The number of nitrogens with zero attached hydrogens (tertiary/aromatic N) is 2. The van der Waals surface area contributed by atoms with Gasteiger partial charge in [0.25, 0.3) is 0 Å². The standard InChI is InChI=1S/C14H19N3O2/c1-10(9-17-5-3-4-15-17)16-11(2)12-6-13(18)8-14(19)7-12/h3-8,10-11,16,18-19H,9H2,1-2H3. The fraction of sp³-hybridized carbons (Fsp3) is 0.357. The molecule has 0 aliphatic carbocycles. The third kappa shape index (κ3) is 3.72. The van der Waals surface area contributed by atoms with Crippen LogP contribution in [0.4, 0.5) is 0 Å². The summed E-state index contributed by atoms with van der Waals surface area (Å²) >= 11 is 0. The average molecular weight is 261 g/mol. The van der Waals surface area contributed by atoms with Gasteiger partial charge in [-0.15, -0.1) is 0 Å². The molecular weight excluding hydrogens is 242 g/mol. The molecule has 0 saturated heterocycles. The Morgan fingerprint density at radius 1 is 1.21 bits per heavy atom. The molecule has 0 amide bonds. The summed E-state index contributed by atoms with van der Waals surface area (Å²) in [7, 11) is 0. The zero-order valence-electron chi connectivity index (χ0n) is 11.1. The van der Waals surface area contributed by atoms with Crippen LogP contribution in [0.1, 0.15) is 25.5 Å². The summed E-state index contributed by atoms with van der Waals surface area (Å²) in [4.78, 5) is 0. The van der Waals surface area contributed by atoms with Crippen molar-refractivity contribution < 1.29 is 10.2 Å². The molecule has 0 saturated carbocycles. The average Bonchev–Trinajstić information content (AvgIpc) is 2.80. The highest BCUT2D eigenvalue weighted by atomic mass is 16.3. The zero-order valence-corrected chi connectivity index (χ0v) is 11.1. The van der Waals surface area contributed by atoms with Crippen LogP contribution in [0.3, 0.4) is 0 Å². The fourth-order valence-corrected chi connectivity index (χ4v) is 2.13. The Labute approximate surface area is 112 Å². The maximum absolute atomic E-state index is 9.48. The number of phenolic OH excluding ortho intramolecular Hbond substituents is 2. The van der Waals surface area contributed by atoms with E-state index in [9.17, 15) is 10.2 Å². The predicted molar refractivity (Wildman–Crippen MR) is 73.0 cm³/mol. The molecule has 1 heterocycles. The molecule has 0 aliphatic rings. The monoisotopic (exact) mass is 261 g/mol. The van der Waals surface area contributed by atoms with Crippen molar-refractivity contribution in [2.75, 3.05) is 0 Å². The second kappa shape index (κ2) is 5.75. The van der Waals surface area contributed by atoms with Gasteiger partial charge in [-0.25, -0.2) is 0 Å². The molecule has 1 aromatic carbocycles. The van der Waals surface area contributed by atoms with Crippen molar-refractivity contribution in [3.05, 3.63) is 42.2 Å². The summed E-state index contributed by atoms with van der Waals surface area (Å²) in [5.41, 5.74) is 0.852. The number of aromatic nitrogens is 2. The summed E-state index contributed by atoms with van der Waals surface area (Å²) < 4.78 is 1.87. The molecule has 0 spiro atoms. The highest BCUT2D eigenvalue weighted by Gasteiger charge is 2.11. The Balaban J connectivity index is 1.98. The van der Waals surface area contributed by atoms with E-state index in [1.165, 1.54) is 6.07 Å². The topological polar surface area (TPSA) is 70.3 Å². The fourth-order valence-electron chi connectivity index (χ4n) is 2.13. The van der Waals surface area contributed by atoms with Crippen molar-refractivity contribution in [2.45, 2.75) is 32.5 Å². The SMILES string of the molecule is CC(Cn1cccn1)NC(C)c1cc(O)cc(O)c1. The smallest absolute Gasteiger partial charge is 0.119 e. The van der Waals surface area contributed by atoms with E-state index in [4.69, 9.17) is 0 Å². The Morgan fingerprint density at radius 2 is 1.89 bits per heavy atom. The predicted octanol–water partition coefficient (Wildman–Crippen LogP) is 2.03. The van der Waals surface area contributed by atoms with Crippen LogP contribution in [-0.2, 0) is 6.54 Å². The van der Waals surface area contributed by atoms with Gasteiger partial charge in [-0.2, -0.15) is 5.10 Å². The molecule has 0 radical (unpaired) electrons. The van der Waals surface area contributed by atoms with Crippen molar-refractivity contribution >= 4 is 0 Å². The molecule has 1 aromatic heterocycles. The summed E-state index contributed by atoms with van der Waals surface area (Å²) in [5.74, 6) is 0.145. The number of hydrogen-bond donors (Lipinski definition) is 3. The van der Waals surface area contributed by atoms with E-state index in [0.29, 0.717) is 0 Å². The lowest BCUT2D eigenvalue weighted by Crippen LogP contribution is -2.32. The Kier molecular flexibility index (Phi) is 4.06. The van der Waals surface area contributed by atoms with Gasteiger partial charge in [-0.05, 0) is 37.6 Å². The van der Waals surface area contributed by atoms with Crippen molar-refractivity contribution in [3.8, 4) is 11.5 Å². The van der Waals surface area contributed by atoms with E-state index in [1.807, 2.05) is 23.9 Å². The Hall–Kier alpha value is -2.01. The quantitative estimate of drug-likeness (QED) is 0.770. The van der Waals surface area contributed by atoms with Gasteiger partial charge in [0.2, 0.25) is 0 Å². The van der Waals surface area contributed by atoms with Gasteiger partial charge in [0, 0.05) is 30.5 Å². The third-order valence-corrected chi connectivity index (χ3v) is 2.98. The third-order valence-electron chi connectivity index (χ3n) is 2.98. The summed E-state index contributed by atoms with van der Waals surface area (Å²) in [6.45, 7) is 4.83. The maximum atomic E-state index is 9.48. The molecule has 2 unspecified atom stereocenters. The van der Waals surface area contributed by atoms with E-state index in [2.05, 4.69) is 17.3 Å².